The molecule has 0 atom stereocenters. The zero-order chi connectivity index (χ0) is 12.9. The molecule has 0 saturated heterocycles. The highest BCUT2D eigenvalue weighted by Crippen LogP contribution is 2.31. The number of nitrogens with two attached hydrogens (primary N) is 1. The van der Waals surface area contributed by atoms with E-state index >= 15 is 0 Å². The van der Waals surface area contributed by atoms with Crippen molar-refractivity contribution in [3.8, 4) is 11.4 Å². The molecule has 0 bridgehead atoms. The number of nitrogen functional groups attached to an aromatic ring is 1. The number of aryl methyl sites for hydroxylation is 3. The fourth-order valence-corrected chi connectivity index (χ4v) is 2.73. The van der Waals surface area contributed by atoms with Crippen LogP contribution < -0.4 is 5.73 Å². The Morgan fingerprint density at radius 2 is 1.89 bits per heavy atom. The summed E-state index contributed by atoms with van der Waals surface area (Å²) in [6.45, 7) is 6.14. The lowest BCUT2D eigenvalue weighted by molar-refractivity contribution is 1.28. The topological polar surface area (TPSA) is 67.6 Å². The first kappa shape index (κ1) is 11.2. The van der Waals surface area contributed by atoms with Gasteiger partial charge in [0.05, 0.1) is 22.3 Å². The van der Waals surface area contributed by atoms with E-state index in [-0.39, 0.29) is 0 Å². The van der Waals surface area contributed by atoms with Crippen molar-refractivity contribution in [2.75, 3.05) is 5.73 Å². The van der Waals surface area contributed by atoms with E-state index in [0.717, 1.165) is 28.1 Å². The van der Waals surface area contributed by atoms with Crippen LogP contribution in [0, 0.1) is 20.8 Å². The molecule has 3 rings (SSSR count). The number of fused-ring (bicyclic) bond motifs is 1. The minimum atomic E-state index is 0.708. The number of nitrogens with zero attached hydrogens (tertiary/aromatic N) is 2. The van der Waals surface area contributed by atoms with Gasteiger partial charge in [-0.2, -0.15) is 4.37 Å². The van der Waals surface area contributed by atoms with E-state index in [4.69, 9.17) is 5.73 Å². The molecule has 4 nitrogen and oxygen atoms in total. The zero-order valence-electron chi connectivity index (χ0n) is 10.5. The minimum absolute atomic E-state index is 0.708. The number of hydrogen-bond donors (Lipinski definition) is 2. The van der Waals surface area contributed by atoms with E-state index in [2.05, 4.69) is 40.3 Å². The van der Waals surface area contributed by atoms with Gasteiger partial charge in [-0.05, 0) is 55.6 Å². The van der Waals surface area contributed by atoms with Crippen molar-refractivity contribution in [3.63, 3.8) is 0 Å². The lowest BCUT2D eigenvalue weighted by Crippen LogP contribution is -1.87. The summed E-state index contributed by atoms with van der Waals surface area (Å²) in [4.78, 5) is 7.93. The molecule has 2 aromatic heterocycles. The van der Waals surface area contributed by atoms with E-state index in [1.165, 1.54) is 22.7 Å². The lowest BCUT2D eigenvalue weighted by Gasteiger charge is -1.97. The fourth-order valence-electron chi connectivity index (χ4n) is 2.06. The highest BCUT2D eigenvalue weighted by atomic mass is 32.1. The molecule has 0 radical (unpaired) electrons. The third kappa shape index (κ3) is 1.59. The standard InChI is InChI=1S/C13H14N4S/c1-6-4-9-10(5-7(6)2)16-13(15-9)11-8(3)17-18-12(11)14/h4-5H,14H2,1-3H3,(H,15,16). The molecule has 5 heteroatoms. The predicted octanol–water partition coefficient (Wildman–Crippen LogP) is 3.19. The molecule has 0 spiro atoms. The van der Waals surface area contributed by atoms with Gasteiger partial charge in [0.1, 0.15) is 10.8 Å². The van der Waals surface area contributed by atoms with Crippen molar-refractivity contribution in [3.05, 3.63) is 29.0 Å². The van der Waals surface area contributed by atoms with E-state index in [9.17, 15) is 0 Å². The lowest BCUT2D eigenvalue weighted by atomic mass is 10.1. The van der Waals surface area contributed by atoms with Crippen LogP contribution in [0.2, 0.25) is 0 Å². The van der Waals surface area contributed by atoms with Crippen LogP contribution in [-0.2, 0) is 0 Å². The summed E-state index contributed by atoms with van der Waals surface area (Å²) in [6.07, 6.45) is 0. The Bertz CT molecular complexity index is 680. The normalized spacial score (nSPS) is 11.3. The summed E-state index contributed by atoms with van der Waals surface area (Å²) < 4.78 is 4.25. The highest BCUT2D eigenvalue weighted by Gasteiger charge is 2.14. The Kier molecular flexibility index (Phi) is 2.38. The van der Waals surface area contributed by atoms with Gasteiger partial charge in [0, 0.05) is 0 Å². The molecular weight excluding hydrogens is 244 g/mol. The van der Waals surface area contributed by atoms with Crippen LogP contribution >= 0.6 is 11.5 Å². The minimum Gasteiger partial charge on any atom is -0.389 e. The molecule has 0 unspecified atom stereocenters. The van der Waals surface area contributed by atoms with Gasteiger partial charge in [-0.3, -0.25) is 0 Å². The van der Waals surface area contributed by atoms with Gasteiger partial charge in [-0.1, -0.05) is 0 Å². The van der Waals surface area contributed by atoms with Crippen LogP contribution in [-0.4, -0.2) is 14.3 Å². The number of nitrogens with one attached hydrogen (secondary N) is 1. The third-order valence-corrected chi connectivity index (χ3v) is 3.99. The van der Waals surface area contributed by atoms with Crippen LogP contribution in [0.4, 0.5) is 5.00 Å². The van der Waals surface area contributed by atoms with Crippen LogP contribution in [0.3, 0.4) is 0 Å². The van der Waals surface area contributed by atoms with Crippen molar-refractivity contribution >= 4 is 27.6 Å². The molecule has 0 amide bonds. The summed E-state index contributed by atoms with van der Waals surface area (Å²) in [7, 11) is 0. The first-order valence-electron chi connectivity index (χ1n) is 5.75. The molecule has 92 valence electrons. The van der Waals surface area contributed by atoms with E-state index in [1.807, 2.05) is 6.92 Å². The number of H-pyrrole nitrogens is 1. The molecular formula is C13H14N4S. The first-order chi connectivity index (χ1) is 8.56. The Morgan fingerprint density at radius 1 is 1.17 bits per heavy atom. The number of aromatic amines is 1. The summed E-state index contributed by atoms with van der Waals surface area (Å²) in [5, 5.41) is 0.708. The van der Waals surface area contributed by atoms with Gasteiger partial charge >= 0.3 is 0 Å². The second-order valence-electron chi connectivity index (χ2n) is 4.55. The number of rotatable bonds is 1. The number of anilines is 1. The molecule has 1 aromatic carbocycles. The van der Waals surface area contributed by atoms with Gasteiger partial charge < -0.3 is 10.7 Å². The molecule has 0 aliphatic rings. The predicted molar refractivity (Wildman–Crippen MR) is 75.8 cm³/mol. The number of imidazole rings is 1. The maximum absolute atomic E-state index is 5.95. The molecule has 0 aliphatic carbocycles. The Morgan fingerprint density at radius 3 is 2.56 bits per heavy atom. The molecule has 0 saturated carbocycles. The summed E-state index contributed by atoms with van der Waals surface area (Å²) >= 11 is 1.31. The molecule has 3 aromatic rings. The molecule has 3 N–H and O–H groups in total. The Labute approximate surface area is 109 Å². The van der Waals surface area contributed by atoms with Gasteiger partial charge in [0.2, 0.25) is 0 Å². The zero-order valence-corrected chi connectivity index (χ0v) is 11.4. The fraction of sp³-hybridized carbons (Fsp3) is 0.231. The summed E-state index contributed by atoms with van der Waals surface area (Å²) in [5.41, 5.74) is 12.3. The second kappa shape index (κ2) is 3.81. The second-order valence-corrected chi connectivity index (χ2v) is 5.35. The van der Waals surface area contributed by atoms with Crippen molar-refractivity contribution in [2.45, 2.75) is 20.8 Å². The average molecular weight is 258 g/mol. The molecule has 0 fully saturated rings. The monoisotopic (exact) mass is 258 g/mol. The Balaban J connectivity index is 2.26. The van der Waals surface area contributed by atoms with Gasteiger partial charge in [-0.15, -0.1) is 0 Å². The maximum atomic E-state index is 5.95. The smallest absolute Gasteiger partial charge is 0.143 e. The maximum Gasteiger partial charge on any atom is 0.143 e. The Hall–Kier alpha value is -1.88. The molecule has 0 aliphatic heterocycles. The quantitative estimate of drug-likeness (QED) is 0.704. The van der Waals surface area contributed by atoms with Crippen LogP contribution in [0.5, 0.6) is 0 Å². The average Bonchev–Trinajstić information content (AvgIpc) is 2.83. The SMILES string of the molecule is Cc1cc2nc(-c3c(C)nsc3N)[nH]c2cc1C. The third-order valence-electron chi connectivity index (χ3n) is 3.22. The summed E-state index contributed by atoms with van der Waals surface area (Å²) in [6, 6.07) is 4.21. The van der Waals surface area contributed by atoms with Crippen molar-refractivity contribution in [1.82, 2.24) is 14.3 Å². The van der Waals surface area contributed by atoms with Gasteiger partial charge in [-0.25, -0.2) is 4.98 Å². The van der Waals surface area contributed by atoms with E-state index in [1.54, 1.807) is 0 Å². The molecule has 18 heavy (non-hydrogen) atoms. The van der Waals surface area contributed by atoms with Crippen LogP contribution in [0.1, 0.15) is 16.8 Å². The van der Waals surface area contributed by atoms with Gasteiger partial charge in [0.25, 0.3) is 0 Å². The van der Waals surface area contributed by atoms with Crippen molar-refractivity contribution in [1.29, 1.82) is 0 Å². The number of benzene rings is 1. The highest BCUT2D eigenvalue weighted by molar-refractivity contribution is 7.10. The summed E-state index contributed by atoms with van der Waals surface area (Å²) in [5.74, 6) is 0.804. The first-order valence-corrected chi connectivity index (χ1v) is 6.52. The van der Waals surface area contributed by atoms with E-state index in [0.29, 0.717) is 5.00 Å². The van der Waals surface area contributed by atoms with E-state index < -0.39 is 0 Å². The number of aromatic nitrogens is 3. The molecule has 2 heterocycles. The largest absolute Gasteiger partial charge is 0.389 e. The van der Waals surface area contributed by atoms with Crippen molar-refractivity contribution in [2.24, 2.45) is 0 Å². The number of hydrogen-bond acceptors (Lipinski definition) is 4. The van der Waals surface area contributed by atoms with Gasteiger partial charge in [0.15, 0.2) is 0 Å². The van der Waals surface area contributed by atoms with Crippen LogP contribution in [0.25, 0.3) is 22.4 Å². The van der Waals surface area contributed by atoms with Crippen LogP contribution in [0.15, 0.2) is 12.1 Å². The van der Waals surface area contributed by atoms with Crippen molar-refractivity contribution < 1.29 is 0 Å².